The summed E-state index contributed by atoms with van der Waals surface area (Å²) >= 11 is 0. The highest BCUT2D eigenvalue weighted by atomic mass is 32.2. The van der Waals surface area contributed by atoms with Gasteiger partial charge in [-0.2, -0.15) is 10.2 Å². The molecule has 0 aliphatic rings. The smallest absolute Gasteiger partial charge is 0.261 e. The molecule has 9 heteroatoms. The third kappa shape index (κ3) is 3.74. The molecule has 0 unspecified atom stereocenters. The quantitative estimate of drug-likeness (QED) is 0.444. The summed E-state index contributed by atoms with van der Waals surface area (Å²) in [5.41, 5.74) is 5.58. The number of rotatable bonds is 5. The first-order chi connectivity index (χ1) is 15.4. The van der Waals surface area contributed by atoms with E-state index >= 15 is 0 Å². The average Bonchev–Trinajstić information content (AvgIpc) is 3.39. The van der Waals surface area contributed by atoms with Gasteiger partial charge in [0.15, 0.2) is 5.65 Å². The lowest BCUT2D eigenvalue weighted by atomic mass is 10.1. The Hall–Kier alpha value is -3.98. The molecule has 5 rings (SSSR count). The first kappa shape index (κ1) is 20.0. The Morgan fingerprint density at radius 1 is 0.875 bits per heavy atom. The van der Waals surface area contributed by atoms with E-state index in [0.29, 0.717) is 5.69 Å². The third-order valence-corrected chi connectivity index (χ3v) is 6.52. The third-order valence-electron chi connectivity index (χ3n) is 5.13. The predicted molar refractivity (Wildman–Crippen MR) is 123 cm³/mol. The Kier molecular flexibility index (Phi) is 4.75. The van der Waals surface area contributed by atoms with Gasteiger partial charge < -0.3 is 0 Å². The molecule has 3 aromatic heterocycles. The lowest BCUT2D eigenvalue weighted by Gasteiger charge is -2.09. The molecule has 5 aromatic rings. The number of hydrogen-bond donors (Lipinski definition) is 1. The zero-order valence-electron chi connectivity index (χ0n) is 17.5. The van der Waals surface area contributed by atoms with E-state index in [1.165, 1.54) is 0 Å². The highest BCUT2D eigenvalue weighted by Gasteiger charge is 2.14. The second-order valence-corrected chi connectivity index (χ2v) is 9.21. The van der Waals surface area contributed by atoms with Gasteiger partial charge in [0.1, 0.15) is 0 Å². The van der Waals surface area contributed by atoms with E-state index in [2.05, 4.69) is 14.8 Å². The first-order valence-electron chi connectivity index (χ1n) is 9.93. The Bertz CT molecular complexity index is 1520. The maximum atomic E-state index is 12.6. The summed E-state index contributed by atoms with van der Waals surface area (Å²) in [5.74, 6) is 0. The number of imidazole rings is 1. The molecule has 0 bridgehead atoms. The molecule has 8 nitrogen and oxygen atoms in total. The topological polar surface area (TPSA) is 94.2 Å². The van der Waals surface area contributed by atoms with Gasteiger partial charge in [0.25, 0.3) is 10.0 Å². The van der Waals surface area contributed by atoms with Crippen LogP contribution in [0.4, 0.5) is 5.69 Å². The molecule has 0 atom stereocenters. The van der Waals surface area contributed by atoms with Crippen LogP contribution in [0.1, 0.15) is 5.56 Å². The summed E-state index contributed by atoms with van der Waals surface area (Å²) in [4.78, 5) is 4.64. The fourth-order valence-electron chi connectivity index (χ4n) is 3.42. The Morgan fingerprint density at radius 3 is 2.31 bits per heavy atom. The first-order valence-corrected chi connectivity index (χ1v) is 11.4. The molecule has 0 amide bonds. The molecule has 160 valence electrons. The molecular weight excluding hydrogens is 424 g/mol. The normalized spacial score (nSPS) is 11.7. The van der Waals surface area contributed by atoms with E-state index in [9.17, 15) is 8.42 Å². The van der Waals surface area contributed by atoms with Crippen molar-refractivity contribution in [3.63, 3.8) is 0 Å². The van der Waals surface area contributed by atoms with Crippen LogP contribution in [0.15, 0.2) is 84.1 Å². The highest BCUT2D eigenvalue weighted by molar-refractivity contribution is 7.92. The molecule has 0 aliphatic carbocycles. The fraction of sp³-hybridized carbons (Fsp3) is 0.0870. The number of sulfonamides is 1. The number of anilines is 1. The van der Waals surface area contributed by atoms with Crippen molar-refractivity contribution in [1.82, 2.24) is 24.4 Å². The summed E-state index contributed by atoms with van der Waals surface area (Å²) in [6.45, 7) is 1.91. The fourth-order valence-corrected chi connectivity index (χ4v) is 4.48. The molecule has 32 heavy (non-hydrogen) atoms. The summed E-state index contributed by atoms with van der Waals surface area (Å²) in [7, 11) is -1.79. The number of aryl methyl sites for hydroxylation is 2. The number of nitrogens with zero attached hydrogens (tertiary/aromatic N) is 5. The van der Waals surface area contributed by atoms with Gasteiger partial charge in [-0.3, -0.25) is 9.40 Å². The number of fused-ring (bicyclic) bond motifs is 1. The predicted octanol–water partition coefficient (Wildman–Crippen LogP) is 3.91. The Balaban J connectivity index is 1.43. The van der Waals surface area contributed by atoms with Crippen LogP contribution in [0.2, 0.25) is 0 Å². The van der Waals surface area contributed by atoms with Crippen molar-refractivity contribution in [2.24, 2.45) is 7.05 Å². The van der Waals surface area contributed by atoms with Gasteiger partial charge in [-0.15, -0.1) is 0 Å². The molecule has 0 spiro atoms. The SMILES string of the molecule is Cc1ccc(S(=O)(=O)Nc2ccc(-c3ccc4ncc(-c5cnn(C)c5)n4n3)cc2)cc1. The number of nitrogens with one attached hydrogen (secondary N) is 1. The number of hydrogen-bond acceptors (Lipinski definition) is 5. The summed E-state index contributed by atoms with van der Waals surface area (Å²) < 4.78 is 31.4. The van der Waals surface area contributed by atoms with Crippen molar-refractivity contribution < 1.29 is 8.42 Å². The van der Waals surface area contributed by atoms with Crippen molar-refractivity contribution in [3.05, 3.63) is 84.8 Å². The van der Waals surface area contributed by atoms with Crippen LogP contribution < -0.4 is 4.72 Å². The van der Waals surface area contributed by atoms with E-state index in [0.717, 1.165) is 33.7 Å². The largest absolute Gasteiger partial charge is 0.280 e. The minimum absolute atomic E-state index is 0.224. The van der Waals surface area contributed by atoms with Gasteiger partial charge in [-0.05, 0) is 43.3 Å². The lowest BCUT2D eigenvalue weighted by molar-refractivity contribution is 0.601. The van der Waals surface area contributed by atoms with Crippen LogP contribution in [0, 0.1) is 6.92 Å². The second-order valence-electron chi connectivity index (χ2n) is 7.53. The van der Waals surface area contributed by atoms with Crippen molar-refractivity contribution in [1.29, 1.82) is 0 Å². The van der Waals surface area contributed by atoms with E-state index in [1.807, 2.05) is 44.4 Å². The van der Waals surface area contributed by atoms with Crippen LogP contribution in [-0.4, -0.2) is 32.8 Å². The molecule has 1 N–H and O–H groups in total. The van der Waals surface area contributed by atoms with Crippen molar-refractivity contribution in [2.45, 2.75) is 11.8 Å². The maximum Gasteiger partial charge on any atom is 0.261 e. The monoisotopic (exact) mass is 444 g/mol. The van der Waals surface area contributed by atoms with E-state index < -0.39 is 10.0 Å². The zero-order valence-corrected chi connectivity index (χ0v) is 18.3. The lowest BCUT2D eigenvalue weighted by Crippen LogP contribution is -2.12. The molecule has 0 saturated carbocycles. The summed E-state index contributed by atoms with van der Waals surface area (Å²) in [5, 5.41) is 8.95. The minimum atomic E-state index is -3.65. The average molecular weight is 445 g/mol. The van der Waals surface area contributed by atoms with Gasteiger partial charge in [-0.25, -0.2) is 17.9 Å². The molecule has 2 aromatic carbocycles. The molecule has 3 heterocycles. The van der Waals surface area contributed by atoms with Crippen molar-refractivity contribution in [2.75, 3.05) is 4.72 Å². The van der Waals surface area contributed by atoms with Gasteiger partial charge in [0.05, 0.1) is 28.7 Å². The number of benzene rings is 2. The van der Waals surface area contributed by atoms with Gasteiger partial charge in [-0.1, -0.05) is 29.8 Å². The van der Waals surface area contributed by atoms with E-state index in [-0.39, 0.29) is 4.90 Å². The van der Waals surface area contributed by atoms with Crippen LogP contribution in [0.5, 0.6) is 0 Å². The molecule has 0 saturated heterocycles. The summed E-state index contributed by atoms with van der Waals surface area (Å²) in [6.07, 6.45) is 5.45. The Morgan fingerprint density at radius 2 is 1.62 bits per heavy atom. The van der Waals surface area contributed by atoms with Gasteiger partial charge in [0, 0.05) is 30.1 Å². The maximum absolute atomic E-state index is 12.6. The Labute approximate surface area is 185 Å². The van der Waals surface area contributed by atoms with E-state index in [1.54, 1.807) is 58.0 Å². The number of aromatic nitrogens is 5. The van der Waals surface area contributed by atoms with Gasteiger partial charge >= 0.3 is 0 Å². The van der Waals surface area contributed by atoms with Crippen LogP contribution >= 0.6 is 0 Å². The summed E-state index contributed by atoms with van der Waals surface area (Å²) in [6, 6.07) is 17.6. The molecular formula is C23H20N6O2S. The molecule has 0 radical (unpaired) electrons. The van der Waals surface area contributed by atoms with Crippen LogP contribution in [0.25, 0.3) is 28.2 Å². The zero-order chi connectivity index (χ0) is 22.3. The van der Waals surface area contributed by atoms with Crippen molar-refractivity contribution >= 4 is 21.4 Å². The molecule has 0 aliphatic heterocycles. The highest BCUT2D eigenvalue weighted by Crippen LogP contribution is 2.24. The minimum Gasteiger partial charge on any atom is -0.280 e. The molecule has 0 fully saturated rings. The second kappa shape index (κ2) is 7.61. The van der Waals surface area contributed by atoms with E-state index in [4.69, 9.17) is 5.10 Å². The van der Waals surface area contributed by atoms with Gasteiger partial charge in [0.2, 0.25) is 0 Å². The van der Waals surface area contributed by atoms with Crippen LogP contribution in [0.3, 0.4) is 0 Å². The van der Waals surface area contributed by atoms with Crippen LogP contribution in [-0.2, 0) is 17.1 Å². The van der Waals surface area contributed by atoms with Crippen molar-refractivity contribution in [3.8, 4) is 22.5 Å². The standard InChI is InChI=1S/C23H20N6O2S/c1-16-3-9-20(10-4-16)32(30,31)27-19-7-5-17(6-8-19)21-11-12-23-24-14-22(29(23)26-21)18-13-25-28(2)15-18/h3-15,27H,1-2H3.